The fraction of sp³-hybridized carbons (Fsp3) is 0.478. The van der Waals surface area contributed by atoms with E-state index in [-0.39, 0.29) is 11.9 Å². The molecule has 1 atom stereocenters. The van der Waals surface area contributed by atoms with Crippen LogP contribution >= 0.6 is 0 Å². The molecule has 1 aromatic heterocycles. The summed E-state index contributed by atoms with van der Waals surface area (Å²) >= 11 is 0. The van der Waals surface area contributed by atoms with Crippen LogP contribution in [0.25, 0.3) is 0 Å². The molecule has 1 aliphatic heterocycles. The number of nitrogens with zero attached hydrogens (tertiary/aromatic N) is 3. The van der Waals surface area contributed by atoms with Gasteiger partial charge in [0.15, 0.2) is 0 Å². The Balaban J connectivity index is 1.44. The Labute approximate surface area is 168 Å². The normalized spacial score (nSPS) is 16.2. The summed E-state index contributed by atoms with van der Waals surface area (Å²) in [6.07, 6.45) is 2.91. The van der Waals surface area contributed by atoms with E-state index in [0.29, 0.717) is 12.5 Å². The molecule has 150 valence electrons. The lowest BCUT2D eigenvalue weighted by Gasteiger charge is -2.35. The molecule has 1 fully saturated rings. The highest BCUT2D eigenvalue weighted by molar-refractivity contribution is 5.78. The third-order valence-electron chi connectivity index (χ3n) is 5.21. The molecule has 0 saturated carbocycles. The molecule has 28 heavy (non-hydrogen) atoms. The van der Waals surface area contributed by atoms with Crippen molar-refractivity contribution in [2.45, 2.75) is 33.2 Å². The van der Waals surface area contributed by atoms with Gasteiger partial charge in [-0.05, 0) is 42.5 Å². The molecule has 3 rings (SSSR count). The van der Waals surface area contributed by atoms with Crippen LogP contribution in [0.2, 0.25) is 0 Å². The number of aromatic nitrogens is 1. The highest BCUT2D eigenvalue weighted by Gasteiger charge is 2.20. The smallest absolute Gasteiger partial charge is 0.234 e. The number of rotatable bonds is 7. The number of benzene rings is 1. The first-order chi connectivity index (χ1) is 13.5. The zero-order chi connectivity index (χ0) is 19.9. The van der Waals surface area contributed by atoms with E-state index in [1.54, 1.807) is 0 Å². The summed E-state index contributed by atoms with van der Waals surface area (Å²) < 4.78 is 0. The van der Waals surface area contributed by atoms with Gasteiger partial charge in [0.2, 0.25) is 5.91 Å². The predicted molar refractivity (Wildman–Crippen MR) is 114 cm³/mol. The van der Waals surface area contributed by atoms with E-state index < -0.39 is 0 Å². The van der Waals surface area contributed by atoms with E-state index in [2.05, 4.69) is 58.2 Å². The van der Waals surface area contributed by atoms with E-state index in [4.69, 9.17) is 0 Å². The van der Waals surface area contributed by atoms with Gasteiger partial charge in [-0.1, -0.05) is 44.2 Å². The first kappa shape index (κ1) is 20.3. The van der Waals surface area contributed by atoms with Gasteiger partial charge in [-0.2, -0.15) is 0 Å². The summed E-state index contributed by atoms with van der Waals surface area (Å²) in [5, 5.41) is 3.14. The van der Waals surface area contributed by atoms with Crippen molar-refractivity contribution < 1.29 is 4.79 Å². The van der Waals surface area contributed by atoms with E-state index in [1.165, 1.54) is 5.56 Å². The highest BCUT2D eigenvalue weighted by atomic mass is 16.2. The highest BCUT2D eigenvalue weighted by Crippen LogP contribution is 2.16. The Bertz CT molecular complexity index is 737. The Hall–Kier alpha value is -2.40. The number of amides is 1. The summed E-state index contributed by atoms with van der Waals surface area (Å²) in [6.45, 7) is 10.5. The van der Waals surface area contributed by atoms with Gasteiger partial charge in [0.25, 0.3) is 0 Å². The topological polar surface area (TPSA) is 48.5 Å². The maximum atomic E-state index is 12.5. The van der Waals surface area contributed by atoms with Crippen LogP contribution in [0.1, 0.15) is 37.9 Å². The quantitative estimate of drug-likeness (QED) is 0.801. The van der Waals surface area contributed by atoms with Crippen molar-refractivity contribution in [3.8, 4) is 0 Å². The van der Waals surface area contributed by atoms with E-state index >= 15 is 0 Å². The molecule has 1 N–H and O–H groups in total. The maximum absolute atomic E-state index is 12.5. The lowest BCUT2D eigenvalue weighted by atomic mass is 10.00. The van der Waals surface area contributed by atoms with Crippen LogP contribution in [-0.2, 0) is 11.2 Å². The van der Waals surface area contributed by atoms with Gasteiger partial charge in [-0.25, -0.2) is 4.98 Å². The SMILES string of the molecule is CC(C)Cc1ccc([C@H](C)NC(=O)CN2CCN(c3ccccn3)CC2)cc1. The molecule has 5 heteroatoms. The maximum Gasteiger partial charge on any atom is 0.234 e. The van der Waals surface area contributed by atoms with Crippen molar-refractivity contribution in [3.05, 3.63) is 59.8 Å². The van der Waals surface area contributed by atoms with Gasteiger partial charge in [0.05, 0.1) is 12.6 Å². The Morgan fingerprint density at radius 1 is 1.04 bits per heavy atom. The van der Waals surface area contributed by atoms with Crippen LogP contribution in [0.3, 0.4) is 0 Å². The summed E-state index contributed by atoms with van der Waals surface area (Å²) in [5.41, 5.74) is 2.50. The average Bonchev–Trinajstić information content (AvgIpc) is 2.69. The molecule has 1 aromatic carbocycles. The summed E-state index contributed by atoms with van der Waals surface area (Å²) in [7, 11) is 0. The molecule has 0 spiro atoms. The van der Waals surface area contributed by atoms with Gasteiger partial charge in [0, 0.05) is 32.4 Å². The van der Waals surface area contributed by atoms with Gasteiger partial charge in [-0.3, -0.25) is 9.69 Å². The van der Waals surface area contributed by atoms with Crippen molar-refractivity contribution in [2.24, 2.45) is 5.92 Å². The van der Waals surface area contributed by atoms with Crippen LogP contribution in [0.4, 0.5) is 5.82 Å². The Morgan fingerprint density at radius 2 is 1.75 bits per heavy atom. The molecular formula is C23H32N4O. The molecule has 1 aliphatic rings. The van der Waals surface area contributed by atoms with Crippen molar-refractivity contribution >= 4 is 11.7 Å². The second kappa shape index (κ2) is 9.69. The lowest BCUT2D eigenvalue weighted by molar-refractivity contribution is -0.123. The number of hydrogen-bond donors (Lipinski definition) is 1. The van der Waals surface area contributed by atoms with Crippen molar-refractivity contribution in [2.75, 3.05) is 37.6 Å². The minimum atomic E-state index is 0.0235. The predicted octanol–water partition coefficient (Wildman–Crippen LogP) is 3.28. The van der Waals surface area contributed by atoms with Crippen LogP contribution in [0.15, 0.2) is 48.7 Å². The number of pyridine rings is 1. The number of hydrogen-bond acceptors (Lipinski definition) is 4. The van der Waals surface area contributed by atoms with Crippen molar-refractivity contribution in [1.29, 1.82) is 0 Å². The second-order valence-electron chi connectivity index (χ2n) is 8.08. The molecule has 0 unspecified atom stereocenters. The third kappa shape index (κ3) is 5.80. The van der Waals surface area contributed by atoms with Crippen LogP contribution in [-0.4, -0.2) is 48.5 Å². The Kier molecular flexibility index (Phi) is 7.04. The third-order valence-corrected chi connectivity index (χ3v) is 5.21. The van der Waals surface area contributed by atoms with Gasteiger partial charge in [0.1, 0.15) is 5.82 Å². The van der Waals surface area contributed by atoms with E-state index in [1.807, 2.05) is 31.3 Å². The second-order valence-corrected chi connectivity index (χ2v) is 8.08. The molecule has 0 bridgehead atoms. The van der Waals surface area contributed by atoms with Gasteiger partial charge >= 0.3 is 0 Å². The largest absolute Gasteiger partial charge is 0.354 e. The lowest BCUT2D eigenvalue weighted by Crippen LogP contribution is -2.49. The minimum Gasteiger partial charge on any atom is -0.354 e. The van der Waals surface area contributed by atoms with Crippen LogP contribution < -0.4 is 10.2 Å². The molecule has 2 heterocycles. The zero-order valence-electron chi connectivity index (χ0n) is 17.3. The average molecular weight is 381 g/mol. The molecule has 0 aliphatic carbocycles. The van der Waals surface area contributed by atoms with Gasteiger partial charge in [-0.15, -0.1) is 0 Å². The number of anilines is 1. The monoisotopic (exact) mass is 380 g/mol. The van der Waals surface area contributed by atoms with Gasteiger partial charge < -0.3 is 10.2 Å². The number of nitrogens with one attached hydrogen (secondary N) is 1. The molecule has 2 aromatic rings. The zero-order valence-corrected chi connectivity index (χ0v) is 17.3. The number of carbonyl (C=O) groups excluding carboxylic acids is 1. The first-order valence-corrected chi connectivity index (χ1v) is 10.3. The van der Waals surface area contributed by atoms with Crippen molar-refractivity contribution in [3.63, 3.8) is 0 Å². The van der Waals surface area contributed by atoms with E-state index in [9.17, 15) is 4.79 Å². The summed E-state index contributed by atoms with van der Waals surface area (Å²) in [5.74, 6) is 1.76. The van der Waals surface area contributed by atoms with Crippen LogP contribution in [0.5, 0.6) is 0 Å². The first-order valence-electron chi connectivity index (χ1n) is 10.3. The van der Waals surface area contributed by atoms with Crippen molar-refractivity contribution in [1.82, 2.24) is 15.2 Å². The van der Waals surface area contributed by atoms with E-state index in [0.717, 1.165) is 44.0 Å². The summed E-state index contributed by atoms with van der Waals surface area (Å²) in [6, 6.07) is 14.6. The summed E-state index contributed by atoms with van der Waals surface area (Å²) in [4.78, 5) is 21.4. The number of carbonyl (C=O) groups is 1. The molecule has 1 amide bonds. The minimum absolute atomic E-state index is 0.0235. The Morgan fingerprint density at radius 3 is 2.36 bits per heavy atom. The molecule has 0 radical (unpaired) electrons. The fourth-order valence-electron chi connectivity index (χ4n) is 3.66. The molecule has 5 nitrogen and oxygen atoms in total. The fourth-order valence-corrected chi connectivity index (χ4v) is 3.66. The standard InChI is InChI=1S/C23H32N4O/c1-18(2)16-20-7-9-21(10-8-20)19(3)25-23(28)17-26-12-14-27(15-13-26)22-6-4-5-11-24-22/h4-11,18-19H,12-17H2,1-3H3,(H,25,28)/t19-/m0/s1. The van der Waals surface area contributed by atoms with Crippen LogP contribution in [0, 0.1) is 5.92 Å². The molecule has 1 saturated heterocycles. The molecular weight excluding hydrogens is 348 g/mol. The number of piperazine rings is 1.